The first-order valence-corrected chi connectivity index (χ1v) is 11.2. The number of benzene rings is 2. The molecule has 2 heterocycles. The quantitative estimate of drug-likeness (QED) is 0.273. The van der Waals surface area contributed by atoms with Crippen LogP contribution in [0.1, 0.15) is 25.0 Å². The van der Waals surface area contributed by atoms with Crippen LogP contribution in [-0.4, -0.2) is 26.7 Å². The Morgan fingerprint density at radius 1 is 1.16 bits per heavy atom. The van der Waals surface area contributed by atoms with E-state index in [9.17, 15) is 22.8 Å². The van der Waals surface area contributed by atoms with Gasteiger partial charge in [0.25, 0.3) is 5.56 Å². The van der Waals surface area contributed by atoms with Crippen molar-refractivity contribution in [3.63, 3.8) is 0 Å². The molecule has 0 aliphatic heterocycles. The largest absolute Gasteiger partial charge is 0.416 e. The summed E-state index contributed by atoms with van der Waals surface area (Å²) in [4.78, 5) is 30.1. The van der Waals surface area contributed by atoms with Crippen LogP contribution in [-0.2, 0) is 24.1 Å². The number of rotatable bonds is 7. The molecule has 0 saturated carbocycles. The number of amides is 1. The van der Waals surface area contributed by atoms with E-state index >= 15 is 0 Å². The fraction of sp³-hybridized carbons (Fsp3) is 0.250. The summed E-state index contributed by atoms with van der Waals surface area (Å²) < 4.78 is 46.4. The summed E-state index contributed by atoms with van der Waals surface area (Å²) in [5.41, 5.74) is 10.7. The molecule has 0 atom stereocenters. The van der Waals surface area contributed by atoms with E-state index in [1.807, 2.05) is 0 Å². The molecule has 194 valence electrons. The third kappa shape index (κ3) is 5.66. The van der Waals surface area contributed by atoms with Crippen LogP contribution >= 0.6 is 0 Å². The molecule has 37 heavy (non-hydrogen) atoms. The summed E-state index contributed by atoms with van der Waals surface area (Å²) in [7, 11) is 0. The Balaban J connectivity index is 1.65. The number of nitrogens with one attached hydrogen (secondary N) is 2. The molecule has 0 unspecified atom stereocenters. The maximum Gasteiger partial charge on any atom is 0.416 e. The SMILES string of the molecule is CC(C)Nc1ncc(-c2cc(N)cc(C(F)(F)F)c2)n(CC(=O)NCc2ccc3c(N)noc3c2)c1=O. The van der Waals surface area contributed by atoms with Crippen molar-refractivity contribution in [1.82, 2.24) is 20.0 Å². The van der Waals surface area contributed by atoms with Crippen molar-refractivity contribution in [3.05, 3.63) is 64.1 Å². The molecule has 13 heteroatoms. The van der Waals surface area contributed by atoms with E-state index in [1.54, 1.807) is 32.0 Å². The predicted molar refractivity (Wildman–Crippen MR) is 132 cm³/mol. The van der Waals surface area contributed by atoms with Crippen molar-refractivity contribution in [2.24, 2.45) is 0 Å². The van der Waals surface area contributed by atoms with E-state index in [-0.39, 0.29) is 41.2 Å². The van der Waals surface area contributed by atoms with Crippen LogP contribution in [0.3, 0.4) is 0 Å². The lowest BCUT2D eigenvalue weighted by Gasteiger charge is -2.17. The van der Waals surface area contributed by atoms with Gasteiger partial charge >= 0.3 is 6.18 Å². The Morgan fingerprint density at radius 3 is 2.62 bits per heavy atom. The van der Waals surface area contributed by atoms with Gasteiger partial charge in [0.1, 0.15) is 6.54 Å². The van der Waals surface area contributed by atoms with Gasteiger partial charge in [-0.25, -0.2) is 4.98 Å². The molecule has 1 amide bonds. The van der Waals surface area contributed by atoms with Crippen LogP contribution in [0.5, 0.6) is 0 Å². The van der Waals surface area contributed by atoms with Gasteiger partial charge in [-0.05, 0) is 49.7 Å². The standard InChI is InChI=1S/C24H24F3N7O3/c1-12(2)32-22-23(36)34(18(10-31-22)14-6-15(24(25,26)27)8-16(28)7-14)11-20(35)30-9-13-3-4-17-19(5-13)37-33-21(17)29/h3-8,10,12H,9,11,28H2,1-2H3,(H2,29,33)(H,30,35)(H,31,32). The van der Waals surface area contributed by atoms with Crippen molar-refractivity contribution < 1.29 is 22.5 Å². The van der Waals surface area contributed by atoms with Crippen molar-refractivity contribution >= 4 is 34.2 Å². The number of halogens is 3. The van der Waals surface area contributed by atoms with E-state index in [1.165, 1.54) is 12.3 Å². The van der Waals surface area contributed by atoms with Gasteiger partial charge < -0.3 is 26.6 Å². The van der Waals surface area contributed by atoms with Crippen LogP contribution in [0.15, 0.2) is 51.9 Å². The third-order valence-corrected chi connectivity index (χ3v) is 5.41. The van der Waals surface area contributed by atoms with Gasteiger partial charge in [0, 0.05) is 23.8 Å². The van der Waals surface area contributed by atoms with Crippen LogP contribution in [0.25, 0.3) is 22.2 Å². The van der Waals surface area contributed by atoms with E-state index in [2.05, 4.69) is 20.8 Å². The first-order valence-electron chi connectivity index (χ1n) is 11.2. The third-order valence-electron chi connectivity index (χ3n) is 5.41. The predicted octanol–water partition coefficient (Wildman–Crippen LogP) is 3.37. The first-order chi connectivity index (χ1) is 17.4. The molecular weight excluding hydrogens is 491 g/mol. The maximum absolute atomic E-state index is 13.4. The second-order valence-corrected chi connectivity index (χ2v) is 8.70. The number of nitrogens with two attached hydrogens (primary N) is 2. The molecule has 2 aromatic carbocycles. The minimum absolute atomic E-state index is 0.00538. The zero-order chi connectivity index (χ0) is 26.9. The fourth-order valence-corrected chi connectivity index (χ4v) is 3.72. The van der Waals surface area contributed by atoms with E-state index in [0.29, 0.717) is 16.5 Å². The Kier molecular flexibility index (Phi) is 6.79. The van der Waals surface area contributed by atoms with Crippen molar-refractivity contribution in [2.75, 3.05) is 16.8 Å². The Bertz CT molecular complexity index is 1530. The van der Waals surface area contributed by atoms with Gasteiger partial charge in [-0.15, -0.1) is 0 Å². The Hall–Kier alpha value is -4.55. The summed E-state index contributed by atoms with van der Waals surface area (Å²) in [5, 5.41) is 9.89. The number of anilines is 3. The number of fused-ring (bicyclic) bond motifs is 1. The van der Waals surface area contributed by atoms with Crippen LogP contribution in [0.2, 0.25) is 0 Å². The van der Waals surface area contributed by atoms with E-state index in [0.717, 1.165) is 16.7 Å². The molecule has 4 aromatic rings. The topological polar surface area (TPSA) is 154 Å². The van der Waals surface area contributed by atoms with Gasteiger partial charge in [-0.3, -0.25) is 14.2 Å². The van der Waals surface area contributed by atoms with Gasteiger partial charge in [0.15, 0.2) is 17.2 Å². The van der Waals surface area contributed by atoms with Gasteiger partial charge in [-0.2, -0.15) is 13.2 Å². The van der Waals surface area contributed by atoms with Crippen LogP contribution in [0, 0.1) is 0 Å². The Labute approximate surface area is 208 Å². The highest BCUT2D eigenvalue weighted by Crippen LogP contribution is 2.34. The van der Waals surface area contributed by atoms with Gasteiger partial charge in [-0.1, -0.05) is 11.2 Å². The highest BCUT2D eigenvalue weighted by molar-refractivity contribution is 5.87. The number of hydrogen-bond donors (Lipinski definition) is 4. The minimum atomic E-state index is -4.66. The molecule has 0 aliphatic carbocycles. The minimum Gasteiger partial charge on any atom is -0.399 e. The second-order valence-electron chi connectivity index (χ2n) is 8.70. The zero-order valence-corrected chi connectivity index (χ0v) is 19.9. The summed E-state index contributed by atoms with van der Waals surface area (Å²) >= 11 is 0. The Morgan fingerprint density at radius 2 is 1.92 bits per heavy atom. The lowest BCUT2D eigenvalue weighted by Crippen LogP contribution is -2.35. The molecule has 0 spiro atoms. The number of carbonyl (C=O) groups is 1. The van der Waals surface area contributed by atoms with Crippen LogP contribution in [0.4, 0.5) is 30.5 Å². The number of hydrogen-bond acceptors (Lipinski definition) is 8. The second kappa shape index (κ2) is 9.84. The molecule has 0 radical (unpaired) electrons. The molecule has 0 aliphatic rings. The summed E-state index contributed by atoms with van der Waals surface area (Å²) in [6, 6.07) is 7.88. The summed E-state index contributed by atoms with van der Waals surface area (Å²) in [6.45, 7) is 3.20. The number of nitrogens with zero attached hydrogens (tertiary/aromatic N) is 3. The molecule has 2 aromatic heterocycles. The highest BCUT2D eigenvalue weighted by atomic mass is 19.4. The van der Waals surface area contributed by atoms with Crippen LogP contribution < -0.4 is 27.7 Å². The number of alkyl halides is 3. The number of nitrogen functional groups attached to an aromatic ring is 2. The van der Waals surface area contributed by atoms with Crippen molar-refractivity contribution in [2.45, 2.75) is 39.2 Å². The average molecular weight is 515 g/mol. The number of aromatic nitrogens is 3. The zero-order valence-electron chi connectivity index (χ0n) is 19.9. The van der Waals surface area contributed by atoms with Gasteiger partial charge in [0.2, 0.25) is 5.91 Å². The van der Waals surface area contributed by atoms with Crippen molar-refractivity contribution in [3.8, 4) is 11.3 Å². The molecule has 0 saturated heterocycles. The summed E-state index contributed by atoms with van der Waals surface area (Å²) in [5.74, 6) is -0.349. The smallest absolute Gasteiger partial charge is 0.399 e. The normalized spacial score (nSPS) is 11.7. The monoisotopic (exact) mass is 515 g/mol. The number of carbonyl (C=O) groups excluding carboxylic acids is 1. The molecule has 4 rings (SSSR count). The van der Waals surface area contributed by atoms with E-state index < -0.39 is 29.8 Å². The molecule has 10 nitrogen and oxygen atoms in total. The molecule has 0 fully saturated rings. The fourth-order valence-electron chi connectivity index (χ4n) is 3.72. The average Bonchev–Trinajstić information content (AvgIpc) is 3.19. The highest BCUT2D eigenvalue weighted by Gasteiger charge is 2.31. The molecular formula is C24H24F3N7O3. The summed E-state index contributed by atoms with van der Waals surface area (Å²) in [6.07, 6.45) is -3.43. The van der Waals surface area contributed by atoms with Gasteiger partial charge in [0.05, 0.1) is 22.8 Å². The van der Waals surface area contributed by atoms with Crippen molar-refractivity contribution in [1.29, 1.82) is 0 Å². The lowest BCUT2D eigenvalue weighted by molar-refractivity contribution is -0.137. The van der Waals surface area contributed by atoms with E-state index in [4.69, 9.17) is 16.0 Å². The lowest BCUT2D eigenvalue weighted by atomic mass is 10.1. The molecule has 0 bridgehead atoms. The maximum atomic E-state index is 13.4. The first kappa shape index (κ1) is 25.5. The molecule has 6 N–H and O–H groups in total.